The lowest BCUT2D eigenvalue weighted by Gasteiger charge is -2.10. The van der Waals surface area contributed by atoms with Crippen molar-refractivity contribution >= 4 is 23.4 Å². The minimum absolute atomic E-state index is 0.277. The number of aromatic nitrogens is 2. The van der Waals surface area contributed by atoms with Crippen LogP contribution in [0.4, 0.5) is 16.0 Å². The number of benzene rings is 1. The van der Waals surface area contributed by atoms with Gasteiger partial charge in [0.25, 0.3) is 0 Å². The summed E-state index contributed by atoms with van der Waals surface area (Å²) in [5, 5.41) is 3.73. The molecular formula is C14H16FN5S. The van der Waals surface area contributed by atoms with E-state index >= 15 is 0 Å². The highest BCUT2D eigenvalue weighted by molar-refractivity contribution is 7.99. The Bertz CT molecular complexity index is 640. The van der Waals surface area contributed by atoms with Crippen LogP contribution in [0, 0.1) is 5.82 Å². The van der Waals surface area contributed by atoms with E-state index in [9.17, 15) is 4.39 Å². The summed E-state index contributed by atoms with van der Waals surface area (Å²) in [6.07, 6.45) is 2.37. The number of nitrogens with one attached hydrogen (secondary N) is 1. The summed E-state index contributed by atoms with van der Waals surface area (Å²) in [7, 11) is 0. The van der Waals surface area contributed by atoms with E-state index in [4.69, 9.17) is 11.5 Å². The van der Waals surface area contributed by atoms with Crippen molar-refractivity contribution in [1.29, 1.82) is 0 Å². The van der Waals surface area contributed by atoms with Gasteiger partial charge >= 0.3 is 0 Å². The summed E-state index contributed by atoms with van der Waals surface area (Å²) in [5.41, 5.74) is 12.2. The molecule has 0 amide bonds. The Balaban J connectivity index is 1.85. The van der Waals surface area contributed by atoms with Gasteiger partial charge in [-0.3, -0.25) is 0 Å². The van der Waals surface area contributed by atoms with Crippen molar-refractivity contribution in [3.63, 3.8) is 0 Å². The molecule has 1 aliphatic carbocycles. The summed E-state index contributed by atoms with van der Waals surface area (Å²) >= 11 is 1.14. The van der Waals surface area contributed by atoms with E-state index in [-0.39, 0.29) is 17.5 Å². The maximum atomic E-state index is 14.1. The van der Waals surface area contributed by atoms with E-state index in [0.717, 1.165) is 17.3 Å². The third-order valence-corrected chi connectivity index (χ3v) is 4.17. The first-order chi connectivity index (χ1) is 10.1. The third kappa shape index (κ3) is 3.62. The number of nitrogens with two attached hydrogens (primary N) is 2. The molecule has 1 saturated carbocycles. The lowest BCUT2D eigenvalue weighted by atomic mass is 10.2. The predicted octanol–water partition coefficient (Wildman–Crippen LogP) is 2.18. The first-order valence-corrected chi connectivity index (χ1v) is 7.52. The molecule has 21 heavy (non-hydrogen) atoms. The minimum Gasteiger partial charge on any atom is -0.383 e. The molecule has 0 radical (unpaired) electrons. The normalized spacial score (nSPS) is 14.3. The fraction of sp³-hybridized carbons (Fsp3) is 0.286. The number of nitrogens with zero attached hydrogens (tertiary/aromatic N) is 2. The van der Waals surface area contributed by atoms with Crippen molar-refractivity contribution in [2.75, 3.05) is 11.5 Å². The van der Waals surface area contributed by atoms with E-state index in [1.165, 1.54) is 25.0 Å². The van der Waals surface area contributed by atoms with Crippen molar-refractivity contribution in [3.05, 3.63) is 35.6 Å². The van der Waals surface area contributed by atoms with Gasteiger partial charge in [-0.2, -0.15) is 0 Å². The van der Waals surface area contributed by atoms with Gasteiger partial charge in [0.15, 0.2) is 5.16 Å². The van der Waals surface area contributed by atoms with Gasteiger partial charge in [-0.05, 0) is 36.2 Å². The molecule has 0 bridgehead atoms. The van der Waals surface area contributed by atoms with Crippen molar-refractivity contribution in [1.82, 2.24) is 15.3 Å². The molecule has 0 unspecified atom stereocenters. The second-order valence-electron chi connectivity index (χ2n) is 4.99. The fourth-order valence-electron chi connectivity index (χ4n) is 1.95. The van der Waals surface area contributed by atoms with Gasteiger partial charge in [0.1, 0.15) is 17.5 Å². The van der Waals surface area contributed by atoms with E-state index in [0.29, 0.717) is 22.6 Å². The molecule has 0 atom stereocenters. The standard InChI is InChI=1S/C14H16FN5S/c15-10-3-1-2-8(7-18-9-4-5-9)13(10)21-14-19-11(16)6-12(17)20-14/h1-3,6,9,18H,4-5,7H2,(H4,16,17,19,20). The molecule has 1 aromatic carbocycles. The molecule has 1 heterocycles. The number of halogens is 1. The van der Waals surface area contributed by atoms with Gasteiger partial charge in [0.05, 0.1) is 4.90 Å². The summed E-state index contributed by atoms with van der Waals surface area (Å²) in [5.74, 6) is 0.262. The fourth-order valence-corrected chi connectivity index (χ4v) is 2.87. The van der Waals surface area contributed by atoms with Crippen LogP contribution in [-0.2, 0) is 6.54 Å². The number of anilines is 2. The topological polar surface area (TPSA) is 89.9 Å². The number of hydrogen-bond donors (Lipinski definition) is 3. The van der Waals surface area contributed by atoms with Crippen LogP contribution >= 0.6 is 11.8 Å². The van der Waals surface area contributed by atoms with Crippen LogP contribution in [0.25, 0.3) is 0 Å². The van der Waals surface area contributed by atoms with Crippen LogP contribution in [0.5, 0.6) is 0 Å². The largest absolute Gasteiger partial charge is 0.383 e. The van der Waals surface area contributed by atoms with Crippen molar-refractivity contribution in [2.45, 2.75) is 35.5 Å². The molecule has 0 aliphatic heterocycles. The van der Waals surface area contributed by atoms with Crippen LogP contribution in [0.15, 0.2) is 34.3 Å². The smallest absolute Gasteiger partial charge is 0.196 e. The van der Waals surface area contributed by atoms with E-state index in [2.05, 4.69) is 15.3 Å². The van der Waals surface area contributed by atoms with Gasteiger partial charge in [0.2, 0.25) is 0 Å². The van der Waals surface area contributed by atoms with Crippen molar-refractivity contribution < 1.29 is 4.39 Å². The van der Waals surface area contributed by atoms with Crippen molar-refractivity contribution in [3.8, 4) is 0 Å². The molecule has 0 spiro atoms. The predicted molar refractivity (Wildman–Crippen MR) is 81.2 cm³/mol. The molecule has 3 rings (SSSR count). The SMILES string of the molecule is Nc1cc(N)nc(Sc2c(F)cccc2CNC2CC2)n1. The molecule has 0 saturated heterocycles. The summed E-state index contributed by atoms with van der Waals surface area (Å²) < 4.78 is 14.1. The Morgan fingerprint density at radius 1 is 1.24 bits per heavy atom. The van der Waals surface area contributed by atoms with Crippen LogP contribution in [-0.4, -0.2) is 16.0 Å². The Labute approximate surface area is 126 Å². The van der Waals surface area contributed by atoms with Crippen LogP contribution in [0.2, 0.25) is 0 Å². The highest BCUT2D eigenvalue weighted by Crippen LogP contribution is 2.32. The molecule has 2 aromatic rings. The number of rotatable bonds is 5. The monoisotopic (exact) mass is 305 g/mol. The molecule has 110 valence electrons. The number of hydrogen-bond acceptors (Lipinski definition) is 6. The lowest BCUT2D eigenvalue weighted by molar-refractivity contribution is 0.588. The van der Waals surface area contributed by atoms with Gasteiger partial charge < -0.3 is 16.8 Å². The first kappa shape index (κ1) is 14.1. The third-order valence-electron chi connectivity index (χ3n) is 3.15. The Morgan fingerprint density at radius 2 is 1.95 bits per heavy atom. The lowest BCUT2D eigenvalue weighted by Crippen LogP contribution is -2.16. The minimum atomic E-state index is -0.292. The Morgan fingerprint density at radius 3 is 2.62 bits per heavy atom. The molecule has 5 nitrogen and oxygen atoms in total. The zero-order valence-electron chi connectivity index (χ0n) is 11.3. The van der Waals surface area contributed by atoms with Gasteiger partial charge in [-0.25, -0.2) is 14.4 Å². The molecular weight excluding hydrogens is 289 g/mol. The van der Waals surface area contributed by atoms with Crippen molar-refractivity contribution in [2.24, 2.45) is 0 Å². The Kier molecular flexibility index (Phi) is 3.94. The highest BCUT2D eigenvalue weighted by atomic mass is 32.2. The summed E-state index contributed by atoms with van der Waals surface area (Å²) in [6.45, 7) is 0.628. The number of nitrogen functional groups attached to an aromatic ring is 2. The molecule has 1 aliphatic rings. The average Bonchev–Trinajstić information content (AvgIpc) is 3.22. The maximum absolute atomic E-state index is 14.1. The Hall–Kier alpha value is -1.86. The van der Waals surface area contributed by atoms with Gasteiger partial charge in [-0.15, -0.1) is 0 Å². The van der Waals surface area contributed by atoms with Crippen LogP contribution in [0.3, 0.4) is 0 Å². The first-order valence-electron chi connectivity index (χ1n) is 6.70. The highest BCUT2D eigenvalue weighted by Gasteiger charge is 2.21. The zero-order valence-corrected chi connectivity index (χ0v) is 12.2. The summed E-state index contributed by atoms with van der Waals surface area (Å²) in [4.78, 5) is 8.67. The van der Waals surface area contributed by atoms with E-state index in [1.54, 1.807) is 6.07 Å². The van der Waals surface area contributed by atoms with Gasteiger partial charge in [-0.1, -0.05) is 12.1 Å². The molecule has 1 aromatic heterocycles. The maximum Gasteiger partial charge on any atom is 0.196 e. The molecule has 5 N–H and O–H groups in total. The van der Waals surface area contributed by atoms with Crippen LogP contribution < -0.4 is 16.8 Å². The average molecular weight is 305 g/mol. The molecule has 7 heteroatoms. The zero-order chi connectivity index (χ0) is 14.8. The quantitative estimate of drug-likeness (QED) is 0.734. The molecule has 1 fully saturated rings. The van der Waals surface area contributed by atoms with E-state index in [1.807, 2.05) is 6.07 Å². The van der Waals surface area contributed by atoms with E-state index < -0.39 is 0 Å². The van der Waals surface area contributed by atoms with Crippen LogP contribution in [0.1, 0.15) is 18.4 Å². The second-order valence-corrected chi connectivity index (χ2v) is 5.96. The summed E-state index contributed by atoms with van der Waals surface area (Å²) in [6, 6.07) is 7.07. The second kappa shape index (κ2) is 5.87. The van der Waals surface area contributed by atoms with Gasteiger partial charge in [0, 0.05) is 18.7 Å².